The standard InChI is InChI=1S/C14H21NO2/c1-5-6-7-8-15-11(3)9-10(2)13(12(4)16)14(15)17/h9H,5-8H2,1-4H3. The lowest BCUT2D eigenvalue weighted by Crippen LogP contribution is -2.28. The van der Waals surface area contributed by atoms with Crippen LogP contribution in [0.25, 0.3) is 0 Å². The summed E-state index contributed by atoms with van der Waals surface area (Å²) in [6.45, 7) is 8.03. The van der Waals surface area contributed by atoms with E-state index >= 15 is 0 Å². The van der Waals surface area contributed by atoms with E-state index in [0.717, 1.165) is 30.5 Å². The van der Waals surface area contributed by atoms with E-state index in [1.165, 1.54) is 6.92 Å². The second kappa shape index (κ2) is 5.80. The van der Waals surface area contributed by atoms with E-state index in [1.807, 2.05) is 19.9 Å². The van der Waals surface area contributed by atoms with Crippen LogP contribution in [0.3, 0.4) is 0 Å². The average Bonchev–Trinajstić information content (AvgIpc) is 2.21. The summed E-state index contributed by atoms with van der Waals surface area (Å²) in [4.78, 5) is 23.7. The number of rotatable bonds is 5. The van der Waals surface area contributed by atoms with Crippen LogP contribution in [-0.2, 0) is 6.54 Å². The summed E-state index contributed by atoms with van der Waals surface area (Å²) in [5.41, 5.74) is 1.93. The van der Waals surface area contributed by atoms with Crippen molar-refractivity contribution in [2.24, 2.45) is 0 Å². The first-order valence-corrected chi connectivity index (χ1v) is 6.21. The van der Waals surface area contributed by atoms with Gasteiger partial charge in [-0.15, -0.1) is 0 Å². The molecule has 0 atom stereocenters. The van der Waals surface area contributed by atoms with Crippen LogP contribution in [-0.4, -0.2) is 10.4 Å². The summed E-state index contributed by atoms with van der Waals surface area (Å²) < 4.78 is 1.72. The van der Waals surface area contributed by atoms with Gasteiger partial charge in [-0.05, 0) is 38.8 Å². The Hall–Kier alpha value is -1.38. The van der Waals surface area contributed by atoms with Gasteiger partial charge in [0.2, 0.25) is 0 Å². The zero-order valence-corrected chi connectivity index (χ0v) is 11.2. The highest BCUT2D eigenvalue weighted by molar-refractivity contribution is 5.95. The molecule has 0 fully saturated rings. The molecule has 0 bridgehead atoms. The normalized spacial score (nSPS) is 10.6. The fraction of sp³-hybridized carbons (Fsp3) is 0.571. The van der Waals surface area contributed by atoms with Crippen molar-refractivity contribution in [2.45, 2.75) is 53.5 Å². The zero-order chi connectivity index (χ0) is 13.0. The molecule has 1 aromatic rings. The van der Waals surface area contributed by atoms with Crippen LogP contribution in [0.15, 0.2) is 10.9 Å². The highest BCUT2D eigenvalue weighted by Crippen LogP contribution is 2.08. The molecule has 0 unspecified atom stereocenters. The lowest BCUT2D eigenvalue weighted by molar-refractivity contribution is 0.101. The molecule has 0 spiro atoms. The summed E-state index contributed by atoms with van der Waals surface area (Å²) in [6.07, 6.45) is 3.21. The average molecular weight is 235 g/mol. The highest BCUT2D eigenvalue weighted by atomic mass is 16.1. The molecule has 0 radical (unpaired) electrons. The van der Waals surface area contributed by atoms with Crippen LogP contribution < -0.4 is 5.56 Å². The Morgan fingerprint density at radius 2 is 1.94 bits per heavy atom. The zero-order valence-electron chi connectivity index (χ0n) is 11.2. The van der Waals surface area contributed by atoms with Crippen LogP contribution in [0.5, 0.6) is 0 Å². The molecule has 17 heavy (non-hydrogen) atoms. The molecule has 0 saturated carbocycles. The maximum Gasteiger partial charge on any atom is 0.261 e. The molecule has 3 heteroatoms. The molecule has 94 valence electrons. The molecule has 0 aliphatic heterocycles. The SMILES string of the molecule is CCCCCn1c(C)cc(C)c(C(C)=O)c1=O. The van der Waals surface area contributed by atoms with Crippen molar-refractivity contribution in [1.29, 1.82) is 0 Å². The third-order valence-electron chi connectivity index (χ3n) is 3.04. The number of aryl methyl sites for hydroxylation is 2. The number of hydrogen-bond donors (Lipinski definition) is 0. The molecule has 1 rings (SSSR count). The number of Topliss-reactive ketones (excluding diaryl/α,β-unsaturated/α-hetero) is 1. The minimum absolute atomic E-state index is 0.133. The van der Waals surface area contributed by atoms with Crippen LogP contribution in [0, 0.1) is 13.8 Å². The smallest absolute Gasteiger partial charge is 0.261 e. The van der Waals surface area contributed by atoms with Gasteiger partial charge in [-0.3, -0.25) is 9.59 Å². The lowest BCUT2D eigenvalue weighted by atomic mass is 10.1. The number of hydrogen-bond acceptors (Lipinski definition) is 2. The van der Waals surface area contributed by atoms with Crippen molar-refractivity contribution >= 4 is 5.78 Å². The maximum absolute atomic E-state index is 12.2. The Bertz CT molecular complexity index is 472. The number of ketones is 1. The van der Waals surface area contributed by atoms with E-state index < -0.39 is 0 Å². The Kier molecular flexibility index (Phi) is 4.67. The number of nitrogens with zero attached hydrogens (tertiary/aromatic N) is 1. The van der Waals surface area contributed by atoms with E-state index in [0.29, 0.717) is 12.1 Å². The van der Waals surface area contributed by atoms with Gasteiger partial charge < -0.3 is 4.57 Å². The van der Waals surface area contributed by atoms with Gasteiger partial charge in [0, 0.05) is 12.2 Å². The number of carbonyl (C=O) groups excluding carboxylic acids is 1. The van der Waals surface area contributed by atoms with Crippen molar-refractivity contribution in [3.63, 3.8) is 0 Å². The minimum Gasteiger partial charge on any atom is -0.312 e. The summed E-state index contributed by atoms with van der Waals surface area (Å²) in [6, 6.07) is 1.92. The highest BCUT2D eigenvalue weighted by Gasteiger charge is 2.13. The predicted octanol–water partition coefficient (Wildman–Crippen LogP) is 2.86. The fourth-order valence-corrected chi connectivity index (χ4v) is 2.15. The molecule has 0 amide bonds. The van der Waals surface area contributed by atoms with Gasteiger partial charge in [0.25, 0.3) is 5.56 Å². The first-order chi connectivity index (χ1) is 7.99. The Morgan fingerprint density at radius 3 is 2.47 bits per heavy atom. The van der Waals surface area contributed by atoms with Crippen molar-refractivity contribution in [2.75, 3.05) is 0 Å². The van der Waals surface area contributed by atoms with E-state index in [-0.39, 0.29) is 11.3 Å². The van der Waals surface area contributed by atoms with E-state index in [2.05, 4.69) is 6.92 Å². The number of unbranched alkanes of at least 4 members (excludes halogenated alkanes) is 2. The van der Waals surface area contributed by atoms with Crippen LogP contribution >= 0.6 is 0 Å². The number of carbonyl (C=O) groups is 1. The van der Waals surface area contributed by atoms with E-state index in [1.54, 1.807) is 4.57 Å². The van der Waals surface area contributed by atoms with Crippen molar-refractivity contribution in [3.8, 4) is 0 Å². The van der Waals surface area contributed by atoms with Crippen molar-refractivity contribution in [3.05, 3.63) is 33.2 Å². The van der Waals surface area contributed by atoms with E-state index in [9.17, 15) is 9.59 Å². The second-order valence-electron chi connectivity index (χ2n) is 4.56. The van der Waals surface area contributed by atoms with Gasteiger partial charge in [0.15, 0.2) is 5.78 Å². The van der Waals surface area contributed by atoms with Gasteiger partial charge in [0.1, 0.15) is 0 Å². The van der Waals surface area contributed by atoms with Gasteiger partial charge in [0.05, 0.1) is 5.56 Å². The number of aromatic nitrogens is 1. The Morgan fingerprint density at radius 1 is 1.29 bits per heavy atom. The minimum atomic E-state index is -0.142. The molecule has 0 aromatic carbocycles. The quantitative estimate of drug-likeness (QED) is 0.581. The monoisotopic (exact) mass is 235 g/mol. The van der Waals surface area contributed by atoms with Gasteiger partial charge in [-0.1, -0.05) is 19.8 Å². The molecule has 1 heterocycles. The van der Waals surface area contributed by atoms with Crippen LogP contribution in [0.4, 0.5) is 0 Å². The summed E-state index contributed by atoms with van der Waals surface area (Å²) in [5, 5.41) is 0. The summed E-state index contributed by atoms with van der Waals surface area (Å²) in [5.74, 6) is -0.142. The van der Waals surface area contributed by atoms with Crippen LogP contribution in [0.2, 0.25) is 0 Å². The van der Waals surface area contributed by atoms with Gasteiger partial charge >= 0.3 is 0 Å². The van der Waals surface area contributed by atoms with Crippen molar-refractivity contribution < 1.29 is 4.79 Å². The van der Waals surface area contributed by atoms with Crippen LogP contribution in [0.1, 0.15) is 54.7 Å². The molecular formula is C14H21NO2. The molecule has 0 N–H and O–H groups in total. The number of pyridine rings is 1. The summed E-state index contributed by atoms with van der Waals surface area (Å²) >= 11 is 0. The molecule has 0 saturated heterocycles. The molecular weight excluding hydrogens is 214 g/mol. The molecule has 0 aliphatic rings. The first-order valence-electron chi connectivity index (χ1n) is 6.21. The van der Waals surface area contributed by atoms with E-state index in [4.69, 9.17) is 0 Å². The Labute approximate surface area is 102 Å². The predicted molar refractivity (Wildman–Crippen MR) is 69.7 cm³/mol. The lowest BCUT2D eigenvalue weighted by Gasteiger charge is -2.13. The van der Waals surface area contributed by atoms with Crippen molar-refractivity contribution in [1.82, 2.24) is 4.57 Å². The summed E-state index contributed by atoms with van der Waals surface area (Å²) in [7, 11) is 0. The van der Waals surface area contributed by atoms with Gasteiger partial charge in [-0.2, -0.15) is 0 Å². The molecule has 0 aliphatic carbocycles. The molecule has 1 aromatic heterocycles. The van der Waals surface area contributed by atoms with Gasteiger partial charge in [-0.25, -0.2) is 0 Å². The first kappa shape index (κ1) is 13.7. The maximum atomic E-state index is 12.2. The largest absolute Gasteiger partial charge is 0.312 e. The topological polar surface area (TPSA) is 39.1 Å². The second-order valence-corrected chi connectivity index (χ2v) is 4.56. The third kappa shape index (κ3) is 3.05. The fourth-order valence-electron chi connectivity index (χ4n) is 2.15. The third-order valence-corrected chi connectivity index (χ3v) is 3.04. The molecule has 3 nitrogen and oxygen atoms in total. The Balaban J connectivity index is 3.17.